The van der Waals surface area contributed by atoms with Crippen LogP contribution in [0.1, 0.15) is 78.1 Å². The minimum absolute atomic E-state index is 0.385. The molecule has 2 heteroatoms. The lowest BCUT2D eigenvalue weighted by molar-refractivity contribution is -0.156. The average molecular weight is 306 g/mol. The van der Waals surface area contributed by atoms with E-state index in [1.54, 1.807) is 0 Å². The summed E-state index contributed by atoms with van der Waals surface area (Å²) in [6, 6.07) is 0. The zero-order valence-electron chi connectivity index (χ0n) is 14.6. The van der Waals surface area contributed by atoms with Gasteiger partial charge in [-0.2, -0.15) is 0 Å². The van der Waals surface area contributed by atoms with Gasteiger partial charge in [0, 0.05) is 6.61 Å². The lowest BCUT2D eigenvalue weighted by Crippen LogP contribution is -2.49. The molecule has 3 saturated carbocycles. The van der Waals surface area contributed by atoms with Crippen molar-refractivity contribution in [3.05, 3.63) is 0 Å². The summed E-state index contributed by atoms with van der Waals surface area (Å²) < 4.78 is 12.4. The lowest BCUT2D eigenvalue weighted by Gasteiger charge is -2.56. The first-order valence-corrected chi connectivity index (χ1v) is 9.82. The van der Waals surface area contributed by atoms with Gasteiger partial charge in [0.15, 0.2) is 0 Å². The smallest absolute Gasteiger partial charge is 0.0836 e. The molecular weight excluding hydrogens is 272 g/mol. The quantitative estimate of drug-likeness (QED) is 0.718. The maximum absolute atomic E-state index is 6.36. The van der Waals surface area contributed by atoms with Gasteiger partial charge in [0.05, 0.1) is 18.8 Å². The Bertz CT molecular complexity index is 364. The van der Waals surface area contributed by atoms with Gasteiger partial charge in [0.25, 0.3) is 0 Å². The third kappa shape index (κ3) is 2.75. The Balaban J connectivity index is 1.32. The van der Waals surface area contributed by atoms with E-state index >= 15 is 0 Å². The highest BCUT2D eigenvalue weighted by atomic mass is 16.5. The van der Waals surface area contributed by atoms with Crippen LogP contribution in [0.15, 0.2) is 0 Å². The molecule has 2 nitrogen and oxygen atoms in total. The van der Waals surface area contributed by atoms with E-state index in [-0.39, 0.29) is 0 Å². The fraction of sp³-hybridized carbons (Fsp3) is 1.00. The Labute approximate surface area is 136 Å². The molecule has 0 aromatic carbocycles. The maximum atomic E-state index is 6.36. The fourth-order valence-corrected chi connectivity index (χ4v) is 5.76. The summed E-state index contributed by atoms with van der Waals surface area (Å²) in [5.74, 6) is 1.57. The molecule has 2 bridgehead atoms. The molecule has 0 amide bonds. The van der Waals surface area contributed by atoms with E-state index in [0.29, 0.717) is 23.0 Å². The fourth-order valence-electron chi connectivity index (χ4n) is 5.76. The number of fused-ring (bicyclic) bond motifs is 3. The second kappa shape index (κ2) is 5.77. The summed E-state index contributed by atoms with van der Waals surface area (Å²) in [6.07, 6.45) is 14.7. The maximum Gasteiger partial charge on any atom is 0.0836 e. The first-order valence-electron chi connectivity index (χ1n) is 9.82. The average Bonchev–Trinajstić information content (AvgIpc) is 2.57. The second-order valence-corrected chi connectivity index (χ2v) is 9.37. The molecule has 4 unspecified atom stereocenters. The topological polar surface area (TPSA) is 18.5 Å². The highest BCUT2D eigenvalue weighted by Crippen LogP contribution is 2.60. The number of hydrogen-bond acceptors (Lipinski definition) is 2. The molecule has 0 aromatic rings. The predicted octanol–water partition coefficient (Wildman–Crippen LogP) is 4.96. The molecule has 0 aromatic heterocycles. The van der Waals surface area contributed by atoms with Gasteiger partial charge in [-0.1, -0.05) is 13.8 Å². The highest BCUT2D eigenvalue weighted by Gasteiger charge is 2.50. The van der Waals surface area contributed by atoms with Crippen LogP contribution in [0.25, 0.3) is 0 Å². The van der Waals surface area contributed by atoms with Gasteiger partial charge >= 0.3 is 0 Å². The van der Waals surface area contributed by atoms with Gasteiger partial charge in [0.2, 0.25) is 0 Å². The number of rotatable bonds is 2. The molecule has 5 fully saturated rings. The van der Waals surface area contributed by atoms with Crippen molar-refractivity contribution in [1.29, 1.82) is 0 Å². The van der Waals surface area contributed by atoms with Crippen molar-refractivity contribution < 1.29 is 9.47 Å². The molecule has 4 atom stereocenters. The summed E-state index contributed by atoms with van der Waals surface area (Å²) in [4.78, 5) is 0. The molecule has 5 aliphatic rings. The molecule has 2 saturated heterocycles. The van der Waals surface area contributed by atoms with Crippen LogP contribution in [0.5, 0.6) is 0 Å². The first-order chi connectivity index (χ1) is 10.6. The number of hydrogen-bond donors (Lipinski definition) is 0. The molecule has 0 radical (unpaired) electrons. The van der Waals surface area contributed by atoms with Crippen LogP contribution in [0, 0.1) is 22.7 Å². The largest absolute Gasteiger partial charge is 0.375 e. The highest BCUT2D eigenvalue weighted by molar-refractivity contribution is 5.01. The van der Waals surface area contributed by atoms with Gasteiger partial charge in [-0.25, -0.2) is 0 Å². The van der Waals surface area contributed by atoms with Crippen molar-refractivity contribution in [3.8, 4) is 0 Å². The minimum Gasteiger partial charge on any atom is -0.375 e. The molecule has 22 heavy (non-hydrogen) atoms. The Morgan fingerprint density at radius 3 is 1.82 bits per heavy atom. The second-order valence-electron chi connectivity index (χ2n) is 9.37. The summed E-state index contributed by atoms with van der Waals surface area (Å²) in [6.45, 7) is 6.77. The van der Waals surface area contributed by atoms with Crippen molar-refractivity contribution >= 4 is 0 Å². The van der Waals surface area contributed by atoms with Crippen LogP contribution < -0.4 is 0 Å². The normalized spacial score (nSPS) is 52.6. The Hall–Kier alpha value is -0.0800. The van der Waals surface area contributed by atoms with Crippen molar-refractivity contribution in [1.82, 2.24) is 0 Å². The standard InChI is InChI=1S/C20H34O2/c1-15-3-5-17(21-13-15)18-6-4-16(14-22-18)20-10-7-19(2,8-11-20)9-12-20/h15-18H,3-14H2,1-2H3. The van der Waals surface area contributed by atoms with Crippen LogP contribution >= 0.6 is 0 Å². The third-order valence-corrected chi connectivity index (χ3v) is 7.81. The SMILES string of the molecule is CC1CCC(C2CCC(C34CCC(C)(CC3)CC4)CO2)OC1. The van der Waals surface area contributed by atoms with Crippen molar-refractivity contribution in [2.24, 2.45) is 22.7 Å². The molecule has 5 rings (SSSR count). The Morgan fingerprint density at radius 1 is 0.727 bits per heavy atom. The molecule has 3 aliphatic carbocycles. The van der Waals surface area contributed by atoms with Gasteiger partial charge < -0.3 is 9.47 Å². The minimum atomic E-state index is 0.385. The first kappa shape index (κ1) is 15.4. The van der Waals surface area contributed by atoms with Crippen LogP contribution in [-0.2, 0) is 9.47 Å². The van der Waals surface area contributed by atoms with Gasteiger partial charge in [-0.05, 0) is 86.9 Å². The molecule has 0 N–H and O–H groups in total. The molecule has 2 heterocycles. The van der Waals surface area contributed by atoms with E-state index < -0.39 is 0 Å². The predicted molar refractivity (Wildman–Crippen MR) is 88.8 cm³/mol. The van der Waals surface area contributed by atoms with Crippen LogP contribution in [-0.4, -0.2) is 25.4 Å². The zero-order valence-corrected chi connectivity index (χ0v) is 14.6. The van der Waals surface area contributed by atoms with Crippen molar-refractivity contribution in [3.63, 3.8) is 0 Å². The summed E-state index contributed by atoms with van der Waals surface area (Å²) >= 11 is 0. The van der Waals surface area contributed by atoms with Crippen LogP contribution in [0.4, 0.5) is 0 Å². The summed E-state index contributed by atoms with van der Waals surface area (Å²) in [5.41, 5.74) is 1.33. The monoisotopic (exact) mass is 306 g/mol. The van der Waals surface area contributed by atoms with E-state index in [4.69, 9.17) is 9.47 Å². The molecular formula is C20H34O2. The van der Waals surface area contributed by atoms with E-state index in [0.717, 1.165) is 25.0 Å². The zero-order chi connectivity index (χ0) is 15.2. The Kier molecular flexibility index (Phi) is 4.05. The van der Waals surface area contributed by atoms with E-state index in [1.807, 2.05) is 0 Å². The van der Waals surface area contributed by atoms with Gasteiger partial charge in [-0.15, -0.1) is 0 Å². The van der Waals surface area contributed by atoms with Crippen molar-refractivity contribution in [2.45, 2.75) is 90.3 Å². The number of ether oxygens (including phenoxy) is 2. The van der Waals surface area contributed by atoms with E-state index in [9.17, 15) is 0 Å². The Morgan fingerprint density at radius 2 is 1.32 bits per heavy atom. The molecule has 0 spiro atoms. The van der Waals surface area contributed by atoms with Gasteiger partial charge in [-0.3, -0.25) is 0 Å². The lowest BCUT2D eigenvalue weighted by atomic mass is 9.50. The molecule has 126 valence electrons. The molecule has 2 aliphatic heterocycles. The van der Waals surface area contributed by atoms with Crippen molar-refractivity contribution in [2.75, 3.05) is 13.2 Å². The summed E-state index contributed by atoms with van der Waals surface area (Å²) in [7, 11) is 0. The van der Waals surface area contributed by atoms with E-state index in [1.165, 1.54) is 64.2 Å². The van der Waals surface area contributed by atoms with Gasteiger partial charge in [0.1, 0.15) is 0 Å². The van der Waals surface area contributed by atoms with Crippen LogP contribution in [0.2, 0.25) is 0 Å². The third-order valence-electron chi connectivity index (χ3n) is 7.81. The van der Waals surface area contributed by atoms with E-state index in [2.05, 4.69) is 13.8 Å². The van der Waals surface area contributed by atoms with Crippen LogP contribution in [0.3, 0.4) is 0 Å². The summed E-state index contributed by atoms with van der Waals surface area (Å²) in [5, 5.41) is 0.